The first-order valence-corrected chi connectivity index (χ1v) is 11.4. The topological polar surface area (TPSA) is 95.2 Å². The minimum atomic E-state index is -1.00. The molecule has 0 spiro atoms. The van der Waals surface area contributed by atoms with Crippen molar-refractivity contribution in [2.45, 2.75) is 44.4 Å². The van der Waals surface area contributed by atoms with Gasteiger partial charge in [0.05, 0.1) is 27.3 Å². The Morgan fingerprint density at radius 3 is 2.47 bits per heavy atom. The number of hydrogen-bond donors (Lipinski definition) is 0. The minimum absolute atomic E-state index is 0.0530. The Morgan fingerprint density at radius 1 is 0.941 bits per heavy atom. The van der Waals surface area contributed by atoms with Crippen LogP contribution < -0.4 is 4.74 Å². The van der Waals surface area contributed by atoms with Gasteiger partial charge in [0.25, 0.3) is 5.69 Å². The van der Waals surface area contributed by atoms with Crippen LogP contribution in [0.5, 0.6) is 5.75 Å². The Labute approximate surface area is 195 Å². The normalized spacial score (nSPS) is 24.3. The number of nitro benzene ring substituents is 1. The predicted molar refractivity (Wildman–Crippen MR) is 128 cm³/mol. The first kappa shape index (κ1) is 20.7. The first-order valence-electron chi connectivity index (χ1n) is 11.4. The Balaban J connectivity index is 1.54. The lowest BCUT2D eigenvalue weighted by Gasteiger charge is -2.38. The molecule has 0 saturated heterocycles. The zero-order valence-electron chi connectivity index (χ0n) is 19.2. The molecular weight excluding hydrogens is 430 g/mol. The van der Waals surface area contributed by atoms with Crippen molar-refractivity contribution in [3.8, 4) is 5.75 Å². The lowest BCUT2D eigenvalue weighted by atomic mass is 9.64. The second-order valence-electron chi connectivity index (χ2n) is 10.1. The van der Waals surface area contributed by atoms with Gasteiger partial charge < -0.3 is 4.74 Å². The summed E-state index contributed by atoms with van der Waals surface area (Å²) in [6.07, 6.45) is 1.37. The maximum Gasteiger partial charge on any atom is 0.324 e. The average Bonchev–Trinajstić information content (AvgIpc) is 3.12. The van der Waals surface area contributed by atoms with Crippen molar-refractivity contribution in [1.29, 1.82) is 0 Å². The average molecular weight is 453 g/mol. The molecule has 0 amide bonds. The second-order valence-corrected chi connectivity index (χ2v) is 10.1. The zero-order chi connectivity index (χ0) is 23.9. The highest BCUT2D eigenvalue weighted by Gasteiger charge is 2.74. The number of esters is 1. The number of non-ortho nitro benzene ring substituents is 1. The Hall–Kier alpha value is -3.87. The number of benzene rings is 3. The van der Waals surface area contributed by atoms with Crippen LogP contribution >= 0.6 is 0 Å². The summed E-state index contributed by atoms with van der Waals surface area (Å²) in [5.74, 6) is 0.162. The number of nitrogens with zero attached hydrogens (tertiary/aromatic N) is 3. The summed E-state index contributed by atoms with van der Waals surface area (Å²) in [6.45, 7) is 6.30. The third-order valence-corrected chi connectivity index (χ3v) is 8.53. The fourth-order valence-electron chi connectivity index (χ4n) is 6.13. The van der Waals surface area contributed by atoms with Crippen molar-refractivity contribution < 1.29 is 14.5 Å². The Morgan fingerprint density at radius 2 is 1.68 bits per heavy atom. The van der Waals surface area contributed by atoms with Crippen molar-refractivity contribution in [1.82, 2.24) is 9.97 Å². The van der Waals surface area contributed by atoms with Crippen LogP contribution in [0.15, 0.2) is 60.7 Å². The van der Waals surface area contributed by atoms with Gasteiger partial charge in [0.15, 0.2) is 0 Å². The molecule has 2 aliphatic rings. The van der Waals surface area contributed by atoms with Gasteiger partial charge in [0, 0.05) is 22.9 Å². The summed E-state index contributed by atoms with van der Waals surface area (Å²) < 4.78 is 6.13. The summed E-state index contributed by atoms with van der Waals surface area (Å²) in [6, 6.07) is 18.0. The maximum absolute atomic E-state index is 14.1. The van der Waals surface area contributed by atoms with E-state index in [9.17, 15) is 14.9 Å². The number of ether oxygens (including phenoxy) is 1. The van der Waals surface area contributed by atoms with Crippen LogP contribution in [-0.4, -0.2) is 20.9 Å². The summed E-state index contributed by atoms with van der Waals surface area (Å²) in [5.41, 5.74) is 0.451. The lowest BCUT2D eigenvalue weighted by molar-refractivity contribution is -0.384. The van der Waals surface area contributed by atoms with Gasteiger partial charge in [-0.1, -0.05) is 57.2 Å². The smallest absolute Gasteiger partial charge is 0.324 e. The lowest BCUT2D eigenvalue weighted by Crippen LogP contribution is -2.48. The largest absolute Gasteiger partial charge is 0.425 e. The van der Waals surface area contributed by atoms with E-state index in [2.05, 4.69) is 20.8 Å². The van der Waals surface area contributed by atoms with Crippen LogP contribution in [0.25, 0.3) is 21.8 Å². The molecule has 1 saturated carbocycles. The van der Waals surface area contributed by atoms with E-state index in [0.717, 1.165) is 22.9 Å². The van der Waals surface area contributed by atoms with Crippen LogP contribution in [0.4, 0.5) is 5.69 Å². The highest BCUT2D eigenvalue weighted by Crippen LogP contribution is 2.70. The van der Waals surface area contributed by atoms with Gasteiger partial charge in [-0.05, 0) is 35.8 Å². The molecule has 0 radical (unpaired) electrons. The van der Waals surface area contributed by atoms with E-state index < -0.39 is 15.8 Å². The van der Waals surface area contributed by atoms with Crippen molar-refractivity contribution in [2.75, 3.05) is 0 Å². The molecule has 7 heteroatoms. The van der Waals surface area contributed by atoms with Crippen molar-refractivity contribution >= 4 is 33.5 Å². The van der Waals surface area contributed by atoms with Crippen molar-refractivity contribution in [3.63, 3.8) is 0 Å². The summed E-state index contributed by atoms with van der Waals surface area (Å²) in [4.78, 5) is 34.7. The molecule has 7 nitrogen and oxygen atoms in total. The SMILES string of the molecule is CC12CCC(C(=O)Oc3cccc4ccccc34)(c3nc4cc([N+](=O)[O-])ccc4nc31)C2(C)C. The van der Waals surface area contributed by atoms with Crippen LogP contribution in [-0.2, 0) is 15.6 Å². The van der Waals surface area contributed by atoms with Gasteiger partial charge in [-0.15, -0.1) is 0 Å². The molecule has 0 aliphatic heterocycles. The van der Waals surface area contributed by atoms with Gasteiger partial charge >= 0.3 is 5.97 Å². The minimum Gasteiger partial charge on any atom is -0.425 e. The molecule has 2 atom stereocenters. The molecule has 1 heterocycles. The molecule has 4 aromatic rings. The van der Waals surface area contributed by atoms with E-state index in [1.54, 1.807) is 6.07 Å². The van der Waals surface area contributed by atoms with Crippen molar-refractivity contribution in [2.24, 2.45) is 5.41 Å². The fourth-order valence-corrected chi connectivity index (χ4v) is 6.13. The number of fused-ring (bicyclic) bond motifs is 7. The van der Waals surface area contributed by atoms with E-state index in [1.807, 2.05) is 42.5 Å². The van der Waals surface area contributed by atoms with E-state index in [4.69, 9.17) is 14.7 Å². The molecule has 6 rings (SSSR count). The number of hydrogen-bond acceptors (Lipinski definition) is 6. The Kier molecular flexibility index (Phi) is 4.02. The molecule has 2 bridgehead atoms. The summed E-state index contributed by atoms with van der Waals surface area (Å²) in [5, 5.41) is 13.2. The van der Waals surface area contributed by atoms with E-state index in [-0.39, 0.29) is 17.1 Å². The van der Waals surface area contributed by atoms with Crippen LogP contribution in [0.1, 0.15) is 45.0 Å². The fraction of sp³-hybridized carbons (Fsp3) is 0.296. The molecule has 3 aromatic carbocycles. The van der Waals surface area contributed by atoms with Crippen LogP contribution in [0.2, 0.25) is 0 Å². The van der Waals surface area contributed by atoms with E-state index in [1.165, 1.54) is 12.1 Å². The van der Waals surface area contributed by atoms with Gasteiger partial charge in [-0.3, -0.25) is 14.9 Å². The van der Waals surface area contributed by atoms with E-state index >= 15 is 0 Å². The number of nitro groups is 1. The molecule has 2 aliphatic carbocycles. The van der Waals surface area contributed by atoms with Gasteiger partial charge in [0.1, 0.15) is 11.2 Å². The van der Waals surface area contributed by atoms with Crippen LogP contribution in [0, 0.1) is 15.5 Å². The molecular formula is C27H23N3O4. The highest BCUT2D eigenvalue weighted by atomic mass is 16.6. The molecule has 0 N–H and O–H groups in total. The monoisotopic (exact) mass is 453 g/mol. The molecule has 1 aromatic heterocycles. The predicted octanol–water partition coefficient (Wildman–Crippen LogP) is 5.63. The summed E-state index contributed by atoms with van der Waals surface area (Å²) >= 11 is 0. The number of rotatable bonds is 3. The first-order chi connectivity index (χ1) is 16.2. The zero-order valence-corrected chi connectivity index (χ0v) is 19.2. The molecule has 1 fully saturated rings. The van der Waals surface area contributed by atoms with Gasteiger partial charge in [-0.25, -0.2) is 9.97 Å². The third-order valence-electron chi connectivity index (χ3n) is 8.53. The van der Waals surface area contributed by atoms with E-state index in [0.29, 0.717) is 28.9 Å². The number of aromatic nitrogens is 2. The van der Waals surface area contributed by atoms with Gasteiger partial charge in [-0.2, -0.15) is 0 Å². The maximum atomic E-state index is 14.1. The quantitative estimate of drug-likeness (QED) is 0.173. The third kappa shape index (κ3) is 2.39. The summed E-state index contributed by atoms with van der Waals surface area (Å²) in [7, 11) is 0. The number of carbonyl (C=O) groups is 1. The van der Waals surface area contributed by atoms with Crippen LogP contribution in [0.3, 0.4) is 0 Å². The molecule has 34 heavy (non-hydrogen) atoms. The highest BCUT2D eigenvalue weighted by molar-refractivity contribution is 5.95. The Bertz CT molecular complexity index is 1540. The van der Waals surface area contributed by atoms with Gasteiger partial charge in [0.2, 0.25) is 0 Å². The number of carbonyl (C=O) groups excluding carboxylic acids is 1. The standard InChI is InChI=1S/C27H23N3O4/c1-25(2)26(3)13-14-27(25,24(31)34-21-10-6-8-16-7-4-5-9-18(16)21)23-22(26)28-19-12-11-17(30(32)33)15-20(19)29-23/h4-12,15H,13-14H2,1-3H3. The van der Waals surface area contributed by atoms with Crippen molar-refractivity contribution in [3.05, 3.63) is 82.2 Å². The molecule has 170 valence electrons. The molecule has 2 unspecified atom stereocenters. The second kappa shape index (κ2) is 6.59.